The molecule has 2 nitrogen and oxygen atoms in total. The molecule has 1 aliphatic carbocycles. The Kier molecular flexibility index (Phi) is 1.55. The molecule has 1 aromatic rings. The summed E-state index contributed by atoms with van der Waals surface area (Å²) in [6.07, 6.45) is 4.11. The van der Waals surface area contributed by atoms with Crippen LogP contribution in [0.1, 0.15) is 25.8 Å². The normalized spacial score (nSPS) is 40.9. The molecule has 0 aliphatic heterocycles. The molecule has 1 saturated carbocycles. The predicted octanol–water partition coefficient (Wildman–Crippen LogP) is 2.14. The van der Waals surface area contributed by atoms with Crippen molar-refractivity contribution in [3.05, 3.63) is 24.2 Å². The van der Waals surface area contributed by atoms with Gasteiger partial charge in [0.05, 0.1) is 18.1 Å². The van der Waals surface area contributed by atoms with Gasteiger partial charge in [0.1, 0.15) is 0 Å². The highest BCUT2D eigenvalue weighted by Gasteiger charge is 2.49. The SMILES string of the molecule is CC1CC(O)(c2ccoc2)C1C. The number of rotatable bonds is 1. The number of hydrogen-bond donors (Lipinski definition) is 1. The Labute approximate surface area is 72.2 Å². The van der Waals surface area contributed by atoms with Gasteiger partial charge in [-0.1, -0.05) is 13.8 Å². The van der Waals surface area contributed by atoms with Crippen LogP contribution in [0.3, 0.4) is 0 Å². The third-order valence-electron chi connectivity index (χ3n) is 3.26. The van der Waals surface area contributed by atoms with Crippen molar-refractivity contribution in [2.24, 2.45) is 11.8 Å². The van der Waals surface area contributed by atoms with Crippen molar-refractivity contribution in [3.8, 4) is 0 Å². The lowest BCUT2D eigenvalue weighted by Gasteiger charge is -2.48. The van der Waals surface area contributed by atoms with E-state index in [9.17, 15) is 5.11 Å². The van der Waals surface area contributed by atoms with Gasteiger partial charge in [-0.15, -0.1) is 0 Å². The zero-order valence-corrected chi connectivity index (χ0v) is 7.45. The maximum atomic E-state index is 10.1. The molecule has 66 valence electrons. The van der Waals surface area contributed by atoms with Crippen molar-refractivity contribution in [1.29, 1.82) is 0 Å². The minimum atomic E-state index is -0.619. The summed E-state index contributed by atoms with van der Waals surface area (Å²) in [4.78, 5) is 0. The number of aliphatic hydroxyl groups is 1. The highest BCUT2D eigenvalue weighted by Crippen LogP contribution is 2.50. The van der Waals surface area contributed by atoms with Crippen LogP contribution in [0, 0.1) is 11.8 Å². The van der Waals surface area contributed by atoms with E-state index in [1.165, 1.54) is 0 Å². The van der Waals surface area contributed by atoms with E-state index in [1.54, 1.807) is 12.5 Å². The molecule has 12 heavy (non-hydrogen) atoms. The van der Waals surface area contributed by atoms with Crippen LogP contribution in [0.2, 0.25) is 0 Å². The van der Waals surface area contributed by atoms with E-state index in [0.717, 1.165) is 12.0 Å². The van der Waals surface area contributed by atoms with Crippen LogP contribution in [-0.2, 0) is 5.60 Å². The van der Waals surface area contributed by atoms with Crippen LogP contribution < -0.4 is 0 Å². The largest absolute Gasteiger partial charge is 0.472 e. The molecule has 1 N–H and O–H groups in total. The second kappa shape index (κ2) is 2.36. The molecule has 3 unspecified atom stereocenters. The zero-order valence-electron chi connectivity index (χ0n) is 7.45. The van der Waals surface area contributed by atoms with Gasteiger partial charge in [-0.3, -0.25) is 0 Å². The van der Waals surface area contributed by atoms with E-state index in [1.807, 2.05) is 6.07 Å². The molecule has 0 radical (unpaired) electrons. The first-order chi connectivity index (χ1) is 5.64. The first-order valence-electron chi connectivity index (χ1n) is 4.39. The van der Waals surface area contributed by atoms with Gasteiger partial charge in [0, 0.05) is 5.56 Å². The Balaban J connectivity index is 2.25. The predicted molar refractivity (Wildman–Crippen MR) is 45.5 cm³/mol. The summed E-state index contributed by atoms with van der Waals surface area (Å²) in [6.45, 7) is 4.25. The molecule has 3 atom stereocenters. The molecule has 1 aliphatic rings. The fourth-order valence-corrected chi connectivity index (χ4v) is 2.06. The van der Waals surface area contributed by atoms with Crippen LogP contribution in [0.25, 0.3) is 0 Å². The first-order valence-corrected chi connectivity index (χ1v) is 4.39. The Morgan fingerprint density at radius 2 is 2.33 bits per heavy atom. The molecule has 2 heteroatoms. The Morgan fingerprint density at radius 3 is 2.75 bits per heavy atom. The summed E-state index contributed by atoms with van der Waals surface area (Å²) < 4.78 is 4.96. The van der Waals surface area contributed by atoms with Gasteiger partial charge in [-0.25, -0.2) is 0 Å². The monoisotopic (exact) mass is 166 g/mol. The lowest BCUT2D eigenvalue weighted by molar-refractivity contribution is -0.132. The number of hydrogen-bond acceptors (Lipinski definition) is 2. The zero-order chi connectivity index (χ0) is 8.77. The smallest absolute Gasteiger partial charge is 0.0963 e. The van der Waals surface area contributed by atoms with E-state index < -0.39 is 5.60 Å². The van der Waals surface area contributed by atoms with Crippen LogP contribution in [0.5, 0.6) is 0 Å². The van der Waals surface area contributed by atoms with Gasteiger partial charge in [-0.05, 0) is 24.3 Å². The van der Waals surface area contributed by atoms with Crippen LogP contribution >= 0.6 is 0 Å². The molecule has 0 amide bonds. The standard InChI is InChI=1S/C10H14O2/c1-7-5-10(11,8(7)2)9-3-4-12-6-9/h3-4,6-8,11H,5H2,1-2H3. The van der Waals surface area contributed by atoms with Crippen molar-refractivity contribution in [2.45, 2.75) is 25.9 Å². The highest BCUT2D eigenvalue weighted by atomic mass is 16.3. The van der Waals surface area contributed by atoms with E-state index in [0.29, 0.717) is 11.8 Å². The molecular weight excluding hydrogens is 152 g/mol. The van der Waals surface area contributed by atoms with Crippen LogP contribution in [0.4, 0.5) is 0 Å². The summed E-state index contributed by atoms with van der Waals surface area (Å²) in [5.41, 5.74) is 0.306. The van der Waals surface area contributed by atoms with E-state index in [2.05, 4.69) is 13.8 Å². The summed E-state index contributed by atoms with van der Waals surface area (Å²) in [6, 6.07) is 1.85. The average Bonchev–Trinajstić information content (AvgIpc) is 2.56. The third kappa shape index (κ3) is 0.845. The maximum absolute atomic E-state index is 10.1. The Hall–Kier alpha value is -0.760. The van der Waals surface area contributed by atoms with Gasteiger partial charge in [-0.2, -0.15) is 0 Å². The van der Waals surface area contributed by atoms with Crippen molar-refractivity contribution in [1.82, 2.24) is 0 Å². The summed E-state index contributed by atoms with van der Waals surface area (Å²) in [7, 11) is 0. The van der Waals surface area contributed by atoms with Crippen molar-refractivity contribution >= 4 is 0 Å². The van der Waals surface area contributed by atoms with Gasteiger partial charge < -0.3 is 9.52 Å². The second-order valence-corrected chi connectivity index (χ2v) is 3.91. The van der Waals surface area contributed by atoms with Gasteiger partial charge in [0.25, 0.3) is 0 Å². The first kappa shape index (κ1) is 7.87. The molecule has 1 fully saturated rings. The maximum Gasteiger partial charge on any atom is 0.0963 e. The number of furan rings is 1. The minimum absolute atomic E-state index is 0.343. The lowest BCUT2D eigenvalue weighted by Crippen LogP contribution is -2.48. The highest BCUT2D eigenvalue weighted by molar-refractivity contribution is 5.22. The van der Waals surface area contributed by atoms with Crippen molar-refractivity contribution in [2.75, 3.05) is 0 Å². The molecule has 0 bridgehead atoms. The molecule has 2 rings (SSSR count). The fourth-order valence-electron chi connectivity index (χ4n) is 2.06. The molecule has 0 spiro atoms. The van der Waals surface area contributed by atoms with Crippen LogP contribution in [0.15, 0.2) is 23.0 Å². The molecular formula is C10H14O2. The van der Waals surface area contributed by atoms with Crippen molar-refractivity contribution < 1.29 is 9.52 Å². The van der Waals surface area contributed by atoms with Crippen molar-refractivity contribution in [3.63, 3.8) is 0 Å². The molecule has 0 saturated heterocycles. The van der Waals surface area contributed by atoms with Gasteiger partial charge in [0.2, 0.25) is 0 Å². The summed E-state index contributed by atoms with van der Waals surface area (Å²) >= 11 is 0. The molecule has 1 heterocycles. The third-order valence-corrected chi connectivity index (χ3v) is 3.26. The van der Waals surface area contributed by atoms with E-state index in [-0.39, 0.29) is 0 Å². The molecule has 1 aromatic heterocycles. The summed E-state index contributed by atoms with van der Waals surface area (Å²) in [5, 5.41) is 10.1. The quantitative estimate of drug-likeness (QED) is 0.693. The molecule has 0 aromatic carbocycles. The lowest BCUT2D eigenvalue weighted by atomic mass is 9.60. The van der Waals surface area contributed by atoms with E-state index >= 15 is 0 Å². The Morgan fingerprint density at radius 1 is 1.58 bits per heavy atom. The van der Waals surface area contributed by atoms with Gasteiger partial charge in [0.15, 0.2) is 0 Å². The Bertz CT molecular complexity index is 265. The van der Waals surface area contributed by atoms with E-state index in [4.69, 9.17) is 4.42 Å². The second-order valence-electron chi connectivity index (χ2n) is 3.91. The summed E-state index contributed by atoms with van der Waals surface area (Å²) in [5.74, 6) is 0.958. The topological polar surface area (TPSA) is 33.4 Å². The minimum Gasteiger partial charge on any atom is -0.472 e. The van der Waals surface area contributed by atoms with Crippen LogP contribution in [-0.4, -0.2) is 5.11 Å². The average molecular weight is 166 g/mol. The van der Waals surface area contributed by atoms with Gasteiger partial charge >= 0.3 is 0 Å². The fraction of sp³-hybridized carbons (Fsp3) is 0.600.